The molecule has 1 aliphatic heterocycles. The predicted octanol–water partition coefficient (Wildman–Crippen LogP) is 4.74. The van der Waals surface area contributed by atoms with Crippen LogP contribution in [0.25, 0.3) is 0 Å². The molecule has 160 valence electrons. The molecule has 3 aromatic carbocycles. The van der Waals surface area contributed by atoms with Gasteiger partial charge in [0.05, 0.1) is 22.9 Å². The summed E-state index contributed by atoms with van der Waals surface area (Å²) in [7, 11) is -3.80. The Morgan fingerprint density at radius 3 is 2.58 bits per heavy atom. The van der Waals surface area contributed by atoms with Crippen LogP contribution in [0.4, 0.5) is 11.4 Å². The second-order valence-corrected chi connectivity index (χ2v) is 9.31. The number of rotatable bonds is 6. The molecular formula is C23H21ClN2O4S. The molecule has 0 fully saturated rings. The van der Waals surface area contributed by atoms with Crippen molar-refractivity contribution in [2.24, 2.45) is 0 Å². The first-order valence-electron chi connectivity index (χ1n) is 9.84. The zero-order valence-electron chi connectivity index (χ0n) is 16.8. The first-order chi connectivity index (χ1) is 14.9. The lowest BCUT2D eigenvalue weighted by Gasteiger charge is -2.21. The molecule has 0 aliphatic carbocycles. The molecule has 1 aliphatic rings. The van der Waals surface area contributed by atoms with Gasteiger partial charge in [-0.3, -0.25) is 9.10 Å². The van der Waals surface area contributed by atoms with Crippen LogP contribution in [0.2, 0.25) is 5.02 Å². The molecule has 6 nitrogen and oxygen atoms in total. The number of hydrogen-bond donors (Lipinski definition) is 1. The largest absolute Gasteiger partial charge is 0.492 e. The quantitative estimate of drug-likeness (QED) is 0.581. The minimum atomic E-state index is -3.80. The molecule has 0 bridgehead atoms. The van der Waals surface area contributed by atoms with Crippen molar-refractivity contribution in [3.8, 4) is 5.75 Å². The van der Waals surface area contributed by atoms with Crippen molar-refractivity contribution in [2.75, 3.05) is 22.8 Å². The van der Waals surface area contributed by atoms with Crippen molar-refractivity contribution < 1.29 is 17.9 Å². The number of nitrogens with zero attached hydrogens (tertiary/aromatic N) is 1. The van der Waals surface area contributed by atoms with E-state index < -0.39 is 15.9 Å². The van der Waals surface area contributed by atoms with E-state index in [1.807, 2.05) is 25.1 Å². The number of carbonyl (C=O) groups is 1. The maximum Gasteiger partial charge on any atom is 0.264 e. The molecule has 8 heteroatoms. The van der Waals surface area contributed by atoms with E-state index in [2.05, 4.69) is 5.32 Å². The normalized spacial score (nSPS) is 13.0. The smallest absolute Gasteiger partial charge is 0.264 e. The lowest BCUT2D eigenvalue weighted by Crippen LogP contribution is -2.29. The molecule has 1 N–H and O–H groups in total. The molecule has 1 heterocycles. The number of para-hydroxylation sites is 1. The van der Waals surface area contributed by atoms with Crippen LogP contribution in [-0.2, 0) is 16.4 Å². The number of fused-ring (bicyclic) bond motifs is 1. The Morgan fingerprint density at radius 2 is 1.84 bits per heavy atom. The summed E-state index contributed by atoms with van der Waals surface area (Å²) in [6.45, 7) is 2.56. The second-order valence-electron chi connectivity index (χ2n) is 7.01. The third-order valence-electron chi connectivity index (χ3n) is 5.04. The summed E-state index contributed by atoms with van der Waals surface area (Å²) in [5.41, 5.74) is 2.36. The van der Waals surface area contributed by atoms with Crippen LogP contribution in [0.3, 0.4) is 0 Å². The second kappa shape index (κ2) is 8.61. The van der Waals surface area contributed by atoms with E-state index in [1.165, 1.54) is 16.4 Å². The van der Waals surface area contributed by atoms with Crippen LogP contribution in [0, 0.1) is 0 Å². The fraction of sp³-hybridized carbons (Fsp3) is 0.174. The van der Waals surface area contributed by atoms with Gasteiger partial charge in [0, 0.05) is 17.1 Å². The molecule has 0 saturated heterocycles. The van der Waals surface area contributed by atoms with Gasteiger partial charge in [-0.15, -0.1) is 0 Å². The topological polar surface area (TPSA) is 75.7 Å². The van der Waals surface area contributed by atoms with Gasteiger partial charge in [0.15, 0.2) is 0 Å². The van der Waals surface area contributed by atoms with Crippen molar-refractivity contribution >= 4 is 38.9 Å². The molecule has 3 aromatic rings. The zero-order valence-corrected chi connectivity index (χ0v) is 18.4. The van der Waals surface area contributed by atoms with E-state index >= 15 is 0 Å². The number of carbonyl (C=O) groups excluding carboxylic acids is 1. The molecule has 0 saturated carbocycles. The van der Waals surface area contributed by atoms with Crippen LogP contribution >= 0.6 is 11.6 Å². The van der Waals surface area contributed by atoms with E-state index in [0.717, 1.165) is 5.56 Å². The number of hydrogen-bond acceptors (Lipinski definition) is 4. The predicted molar refractivity (Wildman–Crippen MR) is 122 cm³/mol. The number of sulfonamides is 1. The summed E-state index contributed by atoms with van der Waals surface area (Å²) in [5, 5.41) is 3.28. The molecule has 0 aromatic heterocycles. The number of anilines is 2. The van der Waals surface area contributed by atoms with Gasteiger partial charge in [0.2, 0.25) is 0 Å². The van der Waals surface area contributed by atoms with E-state index in [0.29, 0.717) is 41.6 Å². The minimum absolute atomic E-state index is 0.0825. The Bertz CT molecular complexity index is 1230. The van der Waals surface area contributed by atoms with Crippen LogP contribution in [-0.4, -0.2) is 27.5 Å². The lowest BCUT2D eigenvalue weighted by atomic mass is 10.2. The van der Waals surface area contributed by atoms with Gasteiger partial charge in [-0.2, -0.15) is 0 Å². The van der Waals surface area contributed by atoms with Crippen LogP contribution in [0.5, 0.6) is 5.75 Å². The molecule has 0 spiro atoms. The third kappa shape index (κ3) is 4.24. The Labute approximate surface area is 186 Å². The zero-order chi connectivity index (χ0) is 22.0. The van der Waals surface area contributed by atoms with Crippen molar-refractivity contribution in [2.45, 2.75) is 18.2 Å². The van der Waals surface area contributed by atoms with Crippen molar-refractivity contribution in [1.29, 1.82) is 0 Å². The lowest BCUT2D eigenvalue weighted by molar-refractivity contribution is 0.102. The van der Waals surface area contributed by atoms with E-state index in [9.17, 15) is 13.2 Å². The summed E-state index contributed by atoms with van der Waals surface area (Å²) in [4.78, 5) is 12.8. The Kier molecular flexibility index (Phi) is 5.89. The highest BCUT2D eigenvalue weighted by Crippen LogP contribution is 2.35. The molecule has 0 unspecified atom stereocenters. The maximum absolute atomic E-state index is 13.4. The van der Waals surface area contributed by atoms with Gasteiger partial charge in [0.1, 0.15) is 5.75 Å². The number of halogens is 1. The maximum atomic E-state index is 13.4. The van der Waals surface area contributed by atoms with Gasteiger partial charge < -0.3 is 10.1 Å². The number of nitrogens with one attached hydrogen (secondary N) is 1. The standard InChI is InChI=1S/C23H21ClN2O4S/c1-2-30-22-12-11-19(15-20(22)25-23(27)17-7-9-18(24)10-8-17)31(28,29)26-14-13-16-5-3-4-6-21(16)26/h3-12,15H,2,13-14H2,1H3,(H,25,27). The Hall–Kier alpha value is -3.03. The van der Waals surface area contributed by atoms with Crippen LogP contribution in [0.15, 0.2) is 71.6 Å². The van der Waals surface area contributed by atoms with Crippen LogP contribution in [0.1, 0.15) is 22.8 Å². The molecule has 4 rings (SSSR count). The first-order valence-corrected chi connectivity index (χ1v) is 11.7. The molecule has 31 heavy (non-hydrogen) atoms. The average Bonchev–Trinajstić information content (AvgIpc) is 3.20. The summed E-state index contributed by atoms with van der Waals surface area (Å²) in [6.07, 6.45) is 0.659. The highest BCUT2D eigenvalue weighted by atomic mass is 35.5. The summed E-state index contributed by atoms with van der Waals surface area (Å²) in [6, 6.07) is 18.4. The van der Waals surface area contributed by atoms with E-state index in [-0.39, 0.29) is 10.6 Å². The van der Waals surface area contributed by atoms with Gasteiger partial charge in [-0.05, 0) is 67.4 Å². The Balaban J connectivity index is 1.68. The summed E-state index contributed by atoms with van der Waals surface area (Å²) < 4.78 is 33.7. The summed E-state index contributed by atoms with van der Waals surface area (Å²) in [5.74, 6) is 0.00396. The van der Waals surface area contributed by atoms with Crippen molar-refractivity contribution in [3.63, 3.8) is 0 Å². The van der Waals surface area contributed by atoms with E-state index in [4.69, 9.17) is 16.3 Å². The molecular weight excluding hydrogens is 436 g/mol. The average molecular weight is 457 g/mol. The van der Waals surface area contributed by atoms with Gasteiger partial charge in [0.25, 0.3) is 15.9 Å². The fourth-order valence-corrected chi connectivity index (χ4v) is 5.19. The SMILES string of the molecule is CCOc1ccc(S(=O)(=O)N2CCc3ccccc32)cc1NC(=O)c1ccc(Cl)cc1. The van der Waals surface area contributed by atoms with Crippen molar-refractivity contribution in [3.05, 3.63) is 82.9 Å². The number of amides is 1. The summed E-state index contributed by atoms with van der Waals surface area (Å²) >= 11 is 5.89. The first kappa shape index (κ1) is 21.2. The van der Waals surface area contributed by atoms with E-state index in [1.54, 1.807) is 36.4 Å². The third-order valence-corrected chi connectivity index (χ3v) is 7.10. The number of ether oxygens (including phenoxy) is 1. The van der Waals surface area contributed by atoms with Gasteiger partial charge >= 0.3 is 0 Å². The fourth-order valence-electron chi connectivity index (χ4n) is 3.53. The molecule has 0 radical (unpaired) electrons. The Morgan fingerprint density at radius 1 is 1.10 bits per heavy atom. The van der Waals surface area contributed by atoms with Gasteiger partial charge in [-0.1, -0.05) is 29.8 Å². The number of benzene rings is 3. The molecule has 1 amide bonds. The highest BCUT2D eigenvalue weighted by Gasteiger charge is 2.31. The highest BCUT2D eigenvalue weighted by molar-refractivity contribution is 7.92. The van der Waals surface area contributed by atoms with Gasteiger partial charge in [-0.25, -0.2) is 8.42 Å². The monoisotopic (exact) mass is 456 g/mol. The van der Waals surface area contributed by atoms with Crippen LogP contribution < -0.4 is 14.4 Å². The minimum Gasteiger partial charge on any atom is -0.492 e. The van der Waals surface area contributed by atoms with Crippen molar-refractivity contribution in [1.82, 2.24) is 0 Å². The molecule has 0 atom stereocenters.